The van der Waals surface area contributed by atoms with Crippen LogP contribution in [0.5, 0.6) is 0 Å². The van der Waals surface area contributed by atoms with E-state index in [9.17, 15) is 4.79 Å². The van der Waals surface area contributed by atoms with Crippen LogP contribution in [-0.2, 0) is 11.3 Å². The first-order valence-electron chi connectivity index (χ1n) is 5.97. The van der Waals surface area contributed by atoms with Crippen LogP contribution in [0.4, 0.5) is 0 Å². The van der Waals surface area contributed by atoms with E-state index in [0.29, 0.717) is 19.1 Å². The van der Waals surface area contributed by atoms with Gasteiger partial charge in [-0.15, -0.1) is 0 Å². The Morgan fingerprint density at radius 2 is 2.29 bits per heavy atom. The predicted molar refractivity (Wildman–Crippen MR) is 66.6 cm³/mol. The average molecular weight is 257 g/mol. The smallest absolute Gasteiger partial charge is 0.255 e. The summed E-state index contributed by atoms with van der Waals surface area (Å²) in [5.41, 5.74) is -0.0840. The fraction of sp³-hybridized carbons (Fsp3) is 0.667. The highest BCUT2D eigenvalue weighted by Gasteiger charge is 2.28. The third-order valence-electron chi connectivity index (χ3n) is 2.72. The van der Waals surface area contributed by atoms with Crippen LogP contribution in [0.15, 0.2) is 10.9 Å². The van der Waals surface area contributed by atoms with E-state index in [0.717, 1.165) is 18.7 Å². The molecule has 0 bridgehead atoms. The number of nitrogens with zero attached hydrogens (tertiary/aromatic N) is 2. The highest BCUT2D eigenvalue weighted by atomic mass is 35.5. The molecule has 1 saturated carbocycles. The fourth-order valence-electron chi connectivity index (χ4n) is 1.75. The predicted octanol–water partition coefficient (Wildman–Crippen LogP) is 2.20. The summed E-state index contributed by atoms with van der Waals surface area (Å²) in [5, 5.41) is 0.290. The quantitative estimate of drug-likeness (QED) is 0.759. The molecule has 2 rings (SSSR count). The van der Waals surface area contributed by atoms with Crippen molar-refractivity contribution in [3.63, 3.8) is 0 Å². The zero-order valence-electron chi connectivity index (χ0n) is 10.1. The van der Waals surface area contributed by atoms with Crippen molar-refractivity contribution in [3.8, 4) is 0 Å². The Labute approximate surface area is 106 Å². The molecule has 0 saturated heterocycles. The minimum atomic E-state index is -0.0840. The number of hydrogen-bond donors (Lipinski definition) is 0. The SMILES string of the molecule is CC(C)OCCn1c(C2CC2)nc(Cl)cc1=O. The number of aromatic nitrogens is 2. The summed E-state index contributed by atoms with van der Waals surface area (Å²) in [6.07, 6.45) is 2.37. The van der Waals surface area contributed by atoms with Gasteiger partial charge in [-0.05, 0) is 26.7 Å². The molecule has 0 spiro atoms. The largest absolute Gasteiger partial charge is 0.377 e. The van der Waals surface area contributed by atoms with E-state index in [2.05, 4.69) is 4.98 Å². The summed E-state index contributed by atoms with van der Waals surface area (Å²) < 4.78 is 7.15. The third kappa shape index (κ3) is 3.30. The monoisotopic (exact) mass is 256 g/mol. The van der Waals surface area contributed by atoms with Crippen LogP contribution in [-0.4, -0.2) is 22.3 Å². The van der Waals surface area contributed by atoms with Gasteiger partial charge in [0.05, 0.1) is 19.3 Å². The van der Waals surface area contributed by atoms with E-state index in [1.165, 1.54) is 6.07 Å². The van der Waals surface area contributed by atoms with E-state index >= 15 is 0 Å². The molecule has 1 heterocycles. The molecule has 4 nitrogen and oxygen atoms in total. The minimum Gasteiger partial charge on any atom is -0.377 e. The lowest BCUT2D eigenvalue weighted by atomic mass is 10.3. The molecule has 1 fully saturated rings. The van der Waals surface area contributed by atoms with Crippen LogP contribution in [0, 0.1) is 0 Å². The lowest BCUT2D eigenvalue weighted by Gasteiger charge is -2.13. The molecule has 0 aliphatic heterocycles. The molecule has 17 heavy (non-hydrogen) atoms. The third-order valence-corrected chi connectivity index (χ3v) is 2.91. The lowest BCUT2D eigenvalue weighted by Crippen LogP contribution is -2.26. The van der Waals surface area contributed by atoms with E-state index in [1.54, 1.807) is 4.57 Å². The van der Waals surface area contributed by atoms with Crippen LogP contribution >= 0.6 is 11.6 Å². The number of halogens is 1. The number of ether oxygens (including phenoxy) is 1. The van der Waals surface area contributed by atoms with Crippen molar-refractivity contribution in [3.05, 3.63) is 27.4 Å². The molecule has 0 unspecified atom stereocenters. The summed E-state index contributed by atoms with van der Waals surface area (Å²) in [6, 6.07) is 1.36. The lowest BCUT2D eigenvalue weighted by molar-refractivity contribution is 0.0716. The summed E-state index contributed by atoms with van der Waals surface area (Å²) in [6.45, 7) is 5.03. The molecule has 0 N–H and O–H groups in total. The van der Waals surface area contributed by atoms with Crippen LogP contribution in [0.25, 0.3) is 0 Å². The van der Waals surface area contributed by atoms with Gasteiger partial charge in [0, 0.05) is 12.0 Å². The Hall–Kier alpha value is -0.870. The number of hydrogen-bond acceptors (Lipinski definition) is 3. The number of rotatable bonds is 5. The summed E-state index contributed by atoms with van der Waals surface area (Å²) in [7, 11) is 0. The van der Waals surface area contributed by atoms with Gasteiger partial charge in [-0.2, -0.15) is 0 Å². The Kier molecular flexibility index (Phi) is 3.84. The zero-order chi connectivity index (χ0) is 12.4. The second-order valence-electron chi connectivity index (χ2n) is 4.62. The van der Waals surface area contributed by atoms with Crippen molar-refractivity contribution in [2.45, 2.75) is 45.3 Å². The molecule has 1 aliphatic rings. The van der Waals surface area contributed by atoms with Crippen molar-refractivity contribution in [1.82, 2.24) is 9.55 Å². The maximum absolute atomic E-state index is 11.9. The highest BCUT2D eigenvalue weighted by Crippen LogP contribution is 2.38. The van der Waals surface area contributed by atoms with E-state index < -0.39 is 0 Å². The second-order valence-corrected chi connectivity index (χ2v) is 5.01. The van der Waals surface area contributed by atoms with Crippen molar-refractivity contribution in [2.75, 3.05) is 6.61 Å². The van der Waals surface area contributed by atoms with Crippen LogP contribution < -0.4 is 5.56 Å². The maximum Gasteiger partial charge on any atom is 0.255 e. The molecule has 0 amide bonds. The van der Waals surface area contributed by atoms with Gasteiger partial charge in [0.25, 0.3) is 5.56 Å². The first kappa shape index (κ1) is 12.6. The van der Waals surface area contributed by atoms with E-state index in [1.807, 2.05) is 13.8 Å². The molecule has 5 heteroatoms. The Morgan fingerprint density at radius 1 is 1.59 bits per heavy atom. The molecule has 1 aromatic rings. The Bertz CT molecular complexity index is 452. The fourth-order valence-corrected chi connectivity index (χ4v) is 1.93. The highest BCUT2D eigenvalue weighted by molar-refractivity contribution is 6.29. The molecule has 0 aromatic carbocycles. The van der Waals surface area contributed by atoms with Gasteiger partial charge in [0.2, 0.25) is 0 Å². The van der Waals surface area contributed by atoms with Gasteiger partial charge in [-0.1, -0.05) is 11.6 Å². The van der Waals surface area contributed by atoms with Crippen molar-refractivity contribution < 1.29 is 4.74 Å². The molecule has 1 aliphatic carbocycles. The van der Waals surface area contributed by atoms with E-state index in [-0.39, 0.29) is 16.8 Å². The second kappa shape index (κ2) is 5.19. The van der Waals surface area contributed by atoms with Crippen LogP contribution in [0.1, 0.15) is 38.4 Å². The van der Waals surface area contributed by atoms with E-state index in [4.69, 9.17) is 16.3 Å². The molecule has 0 radical (unpaired) electrons. The first-order chi connectivity index (χ1) is 8.08. The Morgan fingerprint density at radius 3 is 2.88 bits per heavy atom. The Balaban J connectivity index is 2.16. The topological polar surface area (TPSA) is 44.1 Å². The maximum atomic E-state index is 11.9. The van der Waals surface area contributed by atoms with Gasteiger partial charge < -0.3 is 4.74 Å². The zero-order valence-corrected chi connectivity index (χ0v) is 10.9. The molecule has 0 atom stereocenters. The molecular weight excluding hydrogens is 240 g/mol. The first-order valence-corrected chi connectivity index (χ1v) is 6.34. The summed E-state index contributed by atoms with van der Waals surface area (Å²) in [5.74, 6) is 1.22. The summed E-state index contributed by atoms with van der Waals surface area (Å²) in [4.78, 5) is 16.1. The minimum absolute atomic E-state index is 0.0840. The summed E-state index contributed by atoms with van der Waals surface area (Å²) >= 11 is 5.82. The molecular formula is C12H17ClN2O2. The van der Waals surface area contributed by atoms with Crippen LogP contribution in [0.2, 0.25) is 5.15 Å². The van der Waals surface area contributed by atoms with Crippen molar-refractivity contribution >= 4 is 11.6 Å². The van der Waals surface area contributed by atoms with Crippen molar-refractivity contribution in [2.24, 2.45) is 0 Å². The normalized spacial score (nSPS) is 15.5. The van der Waals surface area contributed by atoms with Gasteiger partial charge in [0.1, 0.15) is 11.0 Å². The van der Waals surface area contributed by atoms with Gasteiger partial charge in [-0.3, -0.25) is 9.36 Å². The van der Waals surface area contributed by atoms with Gasteiger partial charge in [0.15, 0.2) is 0 Å². The van der Waals surface area contributed by atoms with Crippen molar-refractivity contribution in [1.29, 1.82) is 0 Å². The standard InChI is InChI=1S/C12H17ClN2O2/c1-8(2)17-6-5-15-11(16)7-10(13)14-12(15)9-3-4-9/h7-9H,3-6H2,1-2H3. The molecule has 1 aromatic heterocycles. The average Bonchev–Trinajstić information content (AvgIpc) is 3.03. The van der Waals surface area contributed by atoms with Crippen LogP contribution in [0.3, 0.4) is 0 Å². The van der Waals surface area contributed by atoms with Gasteiger partial charge >= 0.3 is 0 Å². The van der Waals surface area contributed by atoms with Gasteiger partial charge in [-0.25, -0.2) is 4.98 Å². The molecule has 94 valence electrons.